The average Bonchev–Trinajstić information content (AvgIpc) is 3.25. The summed E-state index contributed by atoms with van der Waals surface area (Å²) in [5, 5.41) is 23.1. The monoisotopic (exact) mass is 485 g/mol. The maximum Gasteiger partial charge on any atom is 0.227 e. The summed E-state index contributed by atoms with van der Waals surface area (Å²) in [6, 6.07) is 9.97. The average molecular weight is 486 g/mol. The number of pyridine rings is 1. The van der Waals surface area contributed by atoms with Crippen molar-refractivity contribution in [3.8, 4) is 23.1 Å². The number of nitrogens with one attached hydrogen (secondary N) is 1. The number of aryl methyl sites for hydroxylation is 1. The Bertz CT molecular complexity index is 1310. The van der Waals surface area contributed by atoms with E-state index in [-0.39, 0.29) is 12.0 Å². The molecule has 1 atom stereocenters. The van der Waals surface area contributed by atoms with Gasteiger partial charge in [0.05, 0.1) is 36.3 Å². The Hall–Kier alpha value is -3.74. The molecule has 9 heteroatoms. The lowest BCUT2D eigenvalue weighted by Gasteiger charge is -2.34. The van der Waals surface area contributed by atoms with E-state index in [1.165, 1.54) is 0 Å². The minimum Gasteiger partial charge on any atom is -0.494 e. The number of methoxy groups -OCH3 is 1. The lowest BCUT2D eigenvalue weighted by Crippen LogP contribution is -2.44. The van der Waals surface area contributed by atoms with E-state index in [0.717, 1.165) is 67.2 Å². The van der Waals surface area contributed by atoms with Crippen molar-refractivity contribution in [3.63, 3.8) is 0 Å². The van der Waals surface area contributed by atoms with Crippen LogP contribution >= 0.6 is 0 Å². The highest BCUT2D eigenvalue weighted by Gasteiger charge is 2.35. The van der Waals surface area contributed by atoms with Crippen LogP contribution in [0.2, 0.25) is 0 Å². The van der Waals surface area contributed by atoms with Crippen LogP contribution in [0.1, 0.15) is 30.2 Å². The molecule has 5 rings (SSSR count). The maximum atomic E-state index is 9.94. The molecule has 0 amide bonds. The third kappa shape index (κ3) is 4.45. The molecule has 1 aromatic carbocycles. The van der Waals surface area contributed by atoms with E-state index in [1.54, 1.807) is 19.4 Å². The summed E-state index contributed by atoms with van der Waals surface area (Å²) in [6.07, 6.45) is 5.28. The molecule has 0 saturated carbocycles. The molecule has 3 aromatic rings. The third-order valence-electron chi connectivity index (χ3n) is 7.36. The Balaban J connectivity index is 1.44. The van der Waals surface area contributed by atoms with Crippen LogP contribution < -0.4 is 15.0 Å². The molecule has 2 N–H and O–H groups in total. The van der Waals surface area contributed by atoms with Gasteiger partial charge in [0, 0.05) is 61.3 Å². The van der Waals surface area contributed by atoms with Gasteiger partial charge in [0.15, 0.2) is 0 Å². The summed E-state index contributed by atoms with van der Waals surface area (Å²) in [5.41, 5.74) is 5.51. The Morgan fingerprint density at radius 3 is 2.72 bits per heavy atom. The standard InChI is InChI=1S/C27H31N7O2/c1-27(17-35)6-4-22-20(27)12-19(16-30-22)21-5-7-29-26(31-21)32-23-13-18(15-28)24(14-25(23)36-3)34-10-8-33(2)9-11-34/h5,7,12-14,16,35H,4,6,8-11,17H2,1-3H3,(H,29,31,32). The van der Waals surface area contributed by atoms with Crippen LogP contribution in [0.15, 0.2) is 36.7 Å². The number of nitriles is 1. The van der Waals surface area contributed by atoms with E-state index in [1.807, 2.05) is 18.3 Å². The molecule has 1 unspecified atom stereocenters. The quantitative estimate of drug-likeness (QED) is 0.544. The Labute approximate surface area is 211 Å². The van der Waals surface area contributed by atoms with Gasteiger partial charge >= 0.3 is 0 Å². The Morgan fingerprint density at radius 1 is 1.19 bits per heavy atom. The van der Waals surface area contributed by atoms with Gasteiger partial charge in [-0.3, -0.25) is 4.98 Å². The van der Waals surface area contributed by atoms with Gasteiger partial charge in [-0.25, -0.2) is 9.97 Å². The molecular formula is C27H31N7O2. The fourth-order valence-electron chi connectivity index (χ4n) is 4.98. The molecule has 36 heavy (non-hydrogen) atoms. The first-order valence-electron chi connectivity index (χ1n) is 12.2. The van der Waals surface area contributed by atoms with Crippen LogP contribution in [0.5, 0.6) is 5.75 Å². The molecule has 1 aliphatic heterocycles. The molecule has 1 fully saturated rings. The molecule has 1 saturated heterocycles. The van der Waals surface area contributed by atoms with E-state index in [0.29, 0.717) is 22.9 Å². The number of aromatic nitrogens is 3. The van der Waals surface area contributed by atoms with Crippen LogP contribution in [0, 0.1) is 11.3 Å². The van der Waals surface area contributed by atoms with Crippen molar-refractivity contribution in [2.75, 3.05) is 57.2 Å². The summed E-state index contributed by atoms with van der Waals surface area (Å²) in [6.45, 7) is 5.77. The van der Waals surface area contributed by atoms with Gasteiger partial charge in [0.2, 0.25) is 5.95 Å². The molecule has 2 aromatic heterocycles. The normalized spacial score (nSPS) is 19.6. The van der Waals surface area contributed by atoms with Crippen molar-refractivity contribution in [1.82, 2.24) is 19.9 Å². The number of nitrogens with zero attached hydrogens (tertiary/aromatic N) is 6. The number of aliphatic hydroxyl groups is 1. The largest absolute Gasteiger partial charge is 0.494 e. The van der Waals surface area contributed by atoms with Crippen molar-refractivity contribution < 1.29 is 9.84 Å². The second-order valence-corrected chi connectivity index (χ2v) is 9.80. The molecule has 2 aliphatic rings. The zero-order valence-electron chi connectivity index (χ0n) is 21.0. The SMILES string of the molecule is COc1cc(N2CCN(C)CC2)c(C#N)cc1Nc1nccc(-c2cnc3c(c2)C(C)(CO)CC3)n1. The first-order chi connectivity index (χ1) is 17.4. The first-order valence-corrected chi connectivity index (χ1v) is 12.2. The third-order valence-corrected chi connectivity index (χ3v) is 7.36. The van der Waals surface area contributed by atoms with Crippen LogP contribution in [0.4, 0.5) is 17.3 Å². The van der Waals surface area contributed by atoms with Crippen molar-refractivity contribution in [3.05, 3.63) is 53.5 Å². The van der Waals surface area contributed by atoms with E-state index in [9.17, 15) is 10.4 Å². The van der Waals surface area contributed by atoms with Crippen LogP contribution in [0.3, 0.4) is 0 Å². The lowest BCUT2D eigenvalue weighted by molar-refractivity contribution is 0.206. The van der Waals surface area contributed by atoms with Gasteiger partial charge in [-0.15, -0.1) is 0 Å². The number of aliphatic hydroxyl groups excluding tert-OH is 1. The number of anilines is 3. The zero-order chi connectivity index (χ0) is 25.3. The molecule has 0 spiro atoms. The smallest absolute Gasteiger partial charge is 0.227 e. The van der Waals surface area contributed by atoms with E-state index in [2.05, 4.69) is 51.2 Å². The van der Waals surface area contributed by atoms with Gasteiger partial charge in [-0.2, -0.15) is 5.26 Å². The fraction of sp³-hybridized carbons (Fsp3) is 0.407. The van der Waals surface area contributed by atoms with Crippen molar-refractivity contribution >= 4 is 17.3 Å². The highest BCUT2D eigenvalue weighted by atomic mass is 16.5. The maximum absolute atomic E-state index is 9.94. The van der Waals surface area contributed by atoms with Crippen molar-refractivity contribution in [2.45, 2.75) is 25.2 Å². The molecule has 0 bridgehead atoms. The number of likely N-dealkylation sites (N-methyl/N-ethyl adjacent to an activating group) is 1. The molecular weight excluding hydrogens is 454 g/mol. The second-order valence-electron chi connectivity index (χ2n) is 9.80. The van der Waals surface area contributed by atoms with Gasteiger partial charge < -0.3 is 25.0 Å². The second kappa shape index (κ2) is 9.72. The van der Waals surface area contributed by atoms with E-state index >= 15 is 0 Å². The van der Waals surface area contributed by atoms with Gasteiger partial charge in [-0.05, 0) is 43.7 Å². The summed E-state index contributed by atoms with van der Waals surface area (Å²) in [4.78, 5) is 18.3. The van der Waals surface area contributed by atoms with E-state index in [4.69, 9.17) is 9.72 Å². The van der Waals surface area contributed by atoms with Crippen LogP contribution in [0.25, 0.3) is 11.3 Å². The minimum atomic E-state index is -0.279. The summed E-state index contributed by atoms with van der Waals surface area (Å²) in [5.74, 6) is 1.02. The highest BCUT2D eigenvalue weighted by Crippen LogP contribution is 2.39. The lowest BCUT2D eigenvalue weighted by atomic mass is 9.85. The molecule has 9 nitrogen and oxygen atoms in total. The Morgan fingerprint density at radius 2 is 2.00 bits per heavy atom. The molecule has 3 heterocycles. The zero-order valence-corrected chi connectivity index (χ0v) is 21.0. The van der Waals surface area contributed by atoms with Gasteiger partial charge in [0.25, 0.3) is 0 Å². The predicted octanol–water partition coefficient (Wildman–Crippen LogP) is 3.11. The van der Waals surface area contributed by atoms with Gasteiger partial charge in [0.1, 0.15) is 11.8 Å². The molecule has 0 radical (unpaired) electrons. The minimum absolute atomic E-state index is 0.0901. The predicted molar refractivity (Wildman–Crippen MR) is 139 cm³/mol. The van der Waals surface area contributed by atoms with Crippen LogP contribution in [-0.2, 0) is 11.8 Å². The van der Waals surface area contributed by atoms with Crippen molar-refractivity contribution in [2.24, 2.45) is 0 Å². The summed E-state index contributed by atoms with van der Waals surface area (Å²) < 4.78 is 5.67. The number of rotatable bonds is 6. The number of benzene rings is 1. The molecule has 1 aliphatic carbocycles. The number of ether oxygens (including phenoxy) is 1. The number of hydrogen-bond donors (Lipinski definition) is 2. The summed E-state index contributed by atoms with van der Waals surface area (Å²) in [7, 11) is 3.72. The number of fused-ring (bicyclic) bond motifs is 1. The highest BCUT2D eigenvalue weighted by molar-refractivity contribution is 5.74. The fourth-order valence-corrected chi connectivity index (χ4v) is 4.98. The Kier molecular flexibility index (Phi) is 6.48. The van der Waals surface area contributed by atoms with E-state index < -0.39 is 0 Å². The van der Waals surface area contributed by atoms with Gasteiger partial charge in [-0.1, -0.05) is 6.92 Å². The van der Waals surface area contributed by atoms with Crippen LogP contribution in [-0.4, -0.2) is 71.9 Å². The van der Waals surface area contributed by atoms with Crippen molar-refractivity contribution in [1.29, 1.82) is 5.26 Å². The summed E-state index contributed by atoms with van der Waals surface area (Å²) >= 11 is 0. The topological polar surface area (TPSA) is 110 Å². The first kappa shape index (κ1) is 24.0. The number of hydrogen-bond acceptors (Lipinski definition) is 9. The molecule has 186 valence electrons. The number of piperazine rings is 1.